The average molecular weight is 404 g/mol. The first-order valence-corrected chi connectivity index (χ1v) is 9.56. The van der Waals surface area contributed by atoms with Gasteiger partial charge in [0.15, 0.2) is 0 Å². The number of para-hydroxylation sites is 1. The number of carbonyl (C=O) groups excluding carboxylic acids is 2. The fraction of sp³-hybridized carbons (Fsp3) is 0.167. The molecule has 3 rings (SSSR count). The van der Waals surface area contributed by atoms with Gasteiger partial charge in [0.2, 0.25) is 5.91 Å². The summed E-state index contributed by atoms with van der Waals surface area (Å²) in [5.74, 6) is 0.953. The topological polar surface area (TPSA) is 76.7 Å². The van der Waals surface area contributed by atoms with Crippen LogP contribution in [-0.4, -0.2) is 26.0 Å². The molecule has 0 unspecified atom stereocenters. The van der Waals surface area contributed by atoms with E-state index in [2.05, 4.69) is 10.6 Å². The Morgan fingerprint density at radius 3 is 2.27 bits per heavy atom. The van der Waals surface area contributed by atoms with Gasteiger partial charge in [-0.2, -0.15) is 0 Å². The molecular weight excluding hydrogens is 380 g/mol. The summed E-state index contributed by atoms with van der Waals surface area (Å²) >= 11 is 0. The molecule has 0 atom stereocenters. The number of benzene rings is 3. The van der Waals surface area contributed by atoms with Crippen molar-refractivity contribution in [2.24, 2.45) is 0 Å². The summed E-state index contributed by atoms with van der Waals surface area (Å²) in [7, 11) is 3.18. The molecule has 0 radical (unpaired) electrons. The number of rotatable bonds is 8. The lowest BCUT2D eigenvalue weighted by molar-refractivity contribution is -0.116. The molecule has 30 heavy (non-hydrogen) atoms. The number of aryl methyl sites for hydroxylation is 1. The molecule has 0 aliphatic carbocycles. The zero-order valence-electron chi connectivity index (χ0n) is 17.0. The third-order valence-electron chi connectivity index (χ3n) is 4.57. The first kappa shape index (κ1) is 20.9. The summed E-state index contributed by atoms with van der Waals surface area (Å²) in [6, 6.07) is 21.6. The predicted octanol–water partition coefficient (Wildman–Crippen LogP) is 4.53. The van der Waals surface area contributed by atoms with Crippen LogP contribution in [0.15, 0.2) is 72.8 Å². The summed E-state index contributed by atoms with van der Waals surface area (Å²) in [6.45, 7) is 0. The third kappa shape index (κ3) is 5.61. The van der Waals surface area contributed by atoms with E-state index in [1.807, 2.05) is 24.3 Å². The number of ether oxygens (including phenoxy) is 2. The Morgan fingerprint density at radius 1 is 0.800 bits per heavy atom. The first-order chi connectivity index (χ1) is 14.6. The molecule has 2 N–H and O–H groups in total. The maximum absolute atomic E-state index is 12.7. The van der Waals surface area contributed by atoms with Crippen molar-refractivity contribution in [2.75, 3.05) is 24.9 Å². The maximum Gasteiger partial charge on any atom is 0.257 e. The van der Waals surface area contributed by atoms with E-state index < -0.39 is 0 Å². The molecule has 6 heteroatoms. The van der Waals surface area contributed by atoms with E-state index in [1.165, 1.54) is 0 Å². The highest BCUT2D eigenvalue weighted by Crippen LogP contribution is 2.21. The molecule has 3 aromatic rings. The quantitative estimate of drug-likeness (QED) is 0.578. The van der Waals surface area contributed by atoms with E-state index in [0.717, 1.165) is 11.3 Å². The number of amides is 2. The van der Waals surface area contributed by atoms with Crippen LogP contribution in [-0.2, 0) is 11.2 Å². The van der Waals surface area contributed by atoms with Gasteiger partial charge in [-0.1, -0.05) is 30.3 Å². The van der Waals surface area contributed by atoms with Crippen LogP contribution < -0.4 is 20.1 Å². The van der Waals surface area contributed by atoms with Gasteiger partial charge in [-0.25, -0.2) is 0 Å². The van der Waals surface area contributed by atoms with E-state index in [4.69, 9.17) is 9.47 Å². The first-order valence-electron chi connectivity index (χ1n) is 9.56. The summed E-state index contributed by atoms with van der Waals surface area (Å²) < 4.78 is 10.3. The Kier molecular flexibility index (Phi) is 7.05. The lowest BCUT2D eigenvalue weighted by atomic mass is 10.1. The maximum atomic E-state index is 12.7. The number of nitrogens with one attached hydrogen (secondary N) is 2. The number of hydrogen-bond acceptors (Lipinski definition) is 4. The van der Waals surface area contributed by atoms with Crippen LogP contribution in [0.25, 0.3) is 0 Å². The van der Waals surface area contributed by atoms with E-state index in [9.17, 15) is 9.59 Å². The second kappa shape index (κ2) is 10.1. The van der Waals surface area contributed by atoms with Gasteiger partial charge in [-0.3, -0.25) is 9.59 Å². The molecule has 0 aliphatic rings. The molecule has 0 heterocycles. The lowest BCUT2D eigenvalue weighted by Crippen LogP contribution is -2.18. The third-order valence-corrected chi connectivity index (χ3v) is 4.57. The highest BCUT2D eigenvalue weighted by molar-refractivity contribution is 6.10. The van der Waals surface area contributed by atoms with Crippen molar-refractivity contribution < 1.29 is 19.1 Å². The van der Waals surface area contributed by atoms with Gasteiger partial charge in [0.25, 0.3) is 5.91 Å². The molecule has 2 amide bonds. The van der Waals surface area contributed by atoms with Crippen molar-refractivity contribution in [2.45, 2.75) is 12.8 Å². The van der Waals surface area contributed by atoms with E-state index in [0.29, 0.717) is 35.5 Å². The normalized spacial score (nSPS) is 10.2. The smallest absolute Gasteiger partial charge is 0.257 e. The Morgan fingerprint density at radius 2 is 1.53 bits per heavy atom. The highest BCUT2D eigenvalue weighted by Gasteiger charge is 2.14. The van der Waals surface area contributed by atoms with E-state index >= 15 is 0 Å². The molecule has 0 fully saturated rings. The number of anilines is 2. The van der Waals surface area contributed by atoms with Gasteiger partial charge in [0, 0.05) is 18.2 Å². The summed E-state index contributed by atoms with van der Waals surface area (Å²) in [4.78, 5) is 25.2. The number of carbonyl (C=O) groups is 2. The fourth-order valence-electron chi connectivity index (χ4n) is 2.95. The van der Waals surface area contributed by atoms with Gasteiger partial charge in [-0.15, -0.1) is 0 Å². The van der Waals surface area contributed by atoms with E-state index in [1.54, 1.807) is 62.8 Å². The van der Waals surface area contributed by atoms with Gasteiger partial charge in [0.1, 0.15) is 11.5 Å². The van der Waals surface area contributed by atoms with Gasteiger partial charge in [-0.05, 0) is 48.4 Å². The average Bonchev–Trinajstić information content (AvgIpc) is 2.78. The van der Waals surface area contributed by atoms with Crippen molar-refractivity contribution in [1.82, 2.24) is 0 Å². The summed E-state index contributed by atoms with van der Waals surface area (Å²) in [5, 5.41) is 5.68. The van der Waals surface area contributed by atoms with Crippen molar-refractivity contribution in [3.63, 3.8) is 0 Å². The van der Waals surface area contributed by atoms with Crippen LogP contribution in [0.5, 0.6) is 11.5 Å². The van der Waals surface area contributed by atoms with Crippen LogP contribution in [0.3, 0.4) is 0 Å². The van der Waals surface area contributed by atoms with Crippen LogP contribution >= 0.6 is 0 Å². The van der Waals surface area contributed by atoms with Gasteiger partial charge in [0.05, 0.1) is 25.5 Å². The zero-order chi connectivity index (χ0) is 21.3. The Hall–Kier alpha value is -3.80. The Bertz CT molecular complexity index is 1020. The van der Waals surface area contributed by atoms with Crippen molar-refractivity contribution in [1.29, 1.82) is 0 Å². The minimum Gasteiger partial charge on any atom is -0.497 e. The molecule has 0 spiro atoms. The molecule has 0 saturated carbocycles. The largest absolute Gasteiger partial charge is 0.497 e. The molecule has 3 aromatic carbocycles. The van der Waals surface area contributed by atoms with Crippen LogP contribution in [0.1, 0.15) is 22.3 Å². The molecular formula is C24H24N2O4. The lowest BCUT2D eigenvalue weighted by Gasteiger charge is -2.12. The highest BCUT2D eigenvalue weighted by atomic mass is 16.5. The number of hydrogen-bond donors (Lipinski definition) is 2. The van der Waals surface area contributed by atoms with E-state index in [-0.39, 0.29) is 11.8 Å². The monoisotopic (exact) mass is 404 g/mol. The van der Waals surface area contributed by atoms with Crippen molar-refractivity contribution in [3.8, 4) is 11.5 Å². The van der Waals surface area contributed by atoms with Gasteiger partial charge >= 0.3 is 0 Å². The molecule has 0 bridgehead atoms. The Labute approximate surface area is 175 Å². The number of methoxy groups -OCH3 is 2. The predicted molar refractivity (Wildman–Crippen MR) is 117 cm³/mol. The molecule has 0 saturated heterocycles. The Balaban J connectivity index is 1.63. The summed E-state index contributed by atoms with van der Waals surface area (Å²) in [5.41, 5.74) is 2.51. The zero-order valence-corrected chi connectivity index (χ0v) is 17.0. The van der Waals surface area contributed by atoms with Gasteiger partial charge < -0.3 is 20.1 Å². The minimum absolute atomic E-state index is 0.160. The van der Waals surface area contributed by atoms with Crippen molar-refractivity contribution >= 4 is 23.2 Å². The fourth-order valence-corrected chi connectivity index (χ4v) is 2.95. The molecule has 154 valence electrons. The van der Waals surface area contributed by atoms with Crippen LogP contribution in [0.2, 0.25) is 0 Å². The minimum atomic E-state index is -0.311. The van der Waals surface area contributed by atoms with Crippen LogP contribution in [0, 0.1) is 0 Å². The SMILES string of the molecule is COc1ccc(CCC(=O)Nc2ccccc2C(=O)Nc2cccc(OC)c2)cc1. The molecule has 6 nitrogen and oxygen atoms in total. The summed E-state index contributed by atoms with van der Waals surface area (Å²) in [6.07, 6.45) is 0.895. The molecule has 0 aliphatic heterocycles. The van der Waals surface area contributed by atoms with Crippen molar-refractivity contribution in [3.05, 3.63) is 83.9 Å². The second-order valence-corrected chi connectivity index (χ2v) is 6.63. The second-order valence-electron chi connectivity index (χ2n) is 6.63. The van der Waals surface area contributed by atoms with Crippen LogP contribution in [0.4, 0.5) is 11.4 Å². The standard InChI is InChI=1S/C24H24N2O4/c1-29-19-13-10-17(11-14-19)12-15-23(27)26-22-9-4-3-8-21(22)24(28)25-18-6-5-7-20(16-18)30-2/h3-11,13-14,16H,12,15H2,1-2H3,(H,25,28)(H,26,27). The molecule has 0 aromatic heterocycles.